The first-order valence-corrected chi connectivity index (χ1v) is 10.0. The minimum atomic E-state index is -0.495. The molecule has 2 amide bonds. The van der Waals surface area contributed by atoms with E-state index in [1.807, 2.05) is 39.5 Å². The van der Waals surface area contributed by atoms with Gasteiger partial charge in [0.1, 0.15) is 5.60 Å². The van der Waals surface area contributed by atoms with E-state index in [0.717, 1.165) is 38.4 Å². The van der Waals surface area contributed by atoms with Crippen molar-refractivity contribution in [3.05, 3.63) is 0 Å². The first kappa shape index (κ1) is 23.0. The van der Waals surface area contributed by atoms with Gasteiger partial charge in [-0.05, 0) is 47.5 Å². The van der Waals surface area contributed by atoms with E-state index >= 15 is 0 Å². The smallest absolute Gasteiger partial charge is 0.410 e. The minimum Gasteiger partial charge on any atom is -0.444 e. The predicted octanol–water partition coefficient (Wildman–Crippen LogP) is 1.81. The van der Waals surface area contributed by atoms with Gasteiger partial charge in [-0.2, -0.15) is 0 Å². The van der Waals surface area contributed by atoms with E-state index in [9.17, 15) is 9.59 Å². The third-order valence-corrected chi connectivity index (χ3v) is 4.08. The SMILES string of the molecule is CCNC(=NCCCN1CCCC1=O)NCCN(CC)C(=O)OC(C)(C)C. The Hall–Kier alpha value is -1.99. The number of carbonyl (C=O) groups is 2. The lowest BCUT2D eigenvalue weighted by molar-refractivity contribution is -0.127. The standard InChI is InChI=1S/C19H37N5O3/c1-6-20-17(21-11-9-14-24-13-8-10-16(24)25)22-12-15-23(7-2)18(26)27-19(3,4)5/h6-15H2,1-5H3,(H2,20,21,22). The molecule has 1 heterocycles. The summed E-state index contributed by atoms with van der Waals surface area (Å²) in [6, 6.07) is 0. The van der Waals surface area contributed by atoms with Crippen molar-refractivity contribution in [2.45, 2.75) is 59.5 Å². The number of nitrogens with one attached hydrogen (secondary N) is 2. The number of guanidine groups is 1. The topological polar surface area (TPSA) is 86.3 Å². The molecule has 1 aliphatic heterocycles. The van der Waals surface area contributed by atoms with Crippen LogP contribution in [0, 0.1) is 0 Å². The number of aliphatic imine (C=N–C) groups is 1. The number of rotatable bonds is 9. The van der Waals surface area contributed by atoms with Crippen LogP contribution < -0.4 is 10.6 Å². The van der Waals surface area contributed by atoms with Gasteiger partial charge in [0.05, 0.1) is 0 Å². The highest BCUT2D eigenvalue weighted by Gasteiger charge is 2.21. The number of likely N-dealkylation sites (tertiary alicyclic amines) is 1. The molecule has 0 unspecified atom stereocenters. The molecule has 2 N–H and O–H groups in total. The fourth-order valence-electron chi connectivity index (χ4n) is 2.75. The van der Waals surface area contributed by atoms with Crippen LogP contribution in [0.5, 0.6) is 0 Å². The Balaban J connectivity index is 2.37. The third-order valence-electron chi connectivity index (χ3n) is 4.08. The summed E-state index contributed by atoms with van der Waals surface area (Å²) in [5, 5.41) is 6.45. The Kier molecular flexibility index (Phi) is 9.96. The Labute approximate surface area is 163 Å². The maximum absolute atomic E-state index is 12.2. The molecule has 1 saturated heterocycles. The lowest BCUT2D eigenvalue weighted by atomic mass is 10.2. The zero-order valence-electron chi connectivity index (χ0n) is 17.6. The van der Waals surface area contributed by atoms with E-state index in [-0.39, 0.29) is 12.0 Å². The quantitative estimate of drug-likeness (QED) is 0.360. The molecular formula is C19H37N5O3. The molecule has 1 aliphatic rings. The summed E-state index contributed by atoms with van der Waals surface area (Å²) in [4.78, 5) is 31.9. The highest BCUT2D eigenvalue weighted by molar-refractivity contribution is 5.80. The van der Waals surface area contributed by atoms with Gasteiger partial charge < -0.3 is 25.2 Å². The van der Waals surface area contributed by atoms with Crippen LogP contribution in [0.25, 0.3) is 0 Å². The van der Waals surface area contributed by atoms with Crippen LogP contribution in [0.2, 0.25) is 0 Å². The fourth-order valence-corrected chi connectivity index (χ4v) is 2.75. The summed E-state index contributed by atoms with van der Waals surface area (Å²) < 4.78 is 5.41. The molecule has 0 spiro atoms. The molecule has 0 atom stereocenters. The summed E-state index contributed by atoms with van der Waals surface area (Å²) in [5.41, 5.74) is -0.495. The molecule has 0 aromatic rings. The van der Waals surface area contributed by atoms with E-state index in [1.54, 1.807) is 4.90 Å². The van der Waals surface area contributed by atoms with Crippen LogP contribution in [0.3, 0.4) is 0 Å². The molecule has 0 radical (unpaired) electrons. The van der Waals surface area contributed by atoms with Crippen LogP contribution in [-0.2, 0) is 9.53 Å². The van der Waals surface area contributed by atoms with Crippen LogP contribution >= 0.6 is 0 Å². The summed E-state index contributed by atoms with van der Waals surface area (Å²) in [5.74, 6) is 0.983. The van der Waals surface area contributed by atoms with Crippen molar-refractivity contribution in [1.82, 2.24) is 20.4 Å². The first-order valence-electron chi connectivity index (χ1n) is 10.0. The van der Waals surface area contributed by atoms with Crippen molar-refractivity contribution in [3.8, 4) is 0 Å². The number of hydrogen-bond acceptors (Lipinski definition) is 4. The first-order chi connectivity index (χ1) is 12.8. The Morgan fingerprint density at radius 3 is 2.59 bits per heavy atom. The molecule has 0 saturated carbocycles. The van der Waals surface area contributed by atoms with Gasteiger partial charge in [-0.15, -0.1) is 0 Å². The van der Waals surface area contributed by atoms with Gasteiger partial charge in [-0.3, -0.25) is 9.79 Å². The van der Waals surface area contributed by atoms with Crippen molar-refractivity contribution in [2.75, 3.05) is 45.8 Å². The molecule has 8 nitrogen and oxygen atoms in total. The number of nitrogens with zero attached hydrogens (tertiary/aromatic N) is 3. The van der Waals surface area contributed by atoms with Crippen LogP contribution in [0.1, 0.15) is 53.9 Å². The van der Waals surface area contributed by atoms with E-state index in [2.05, 4.69) is 15.6 Å². The predicted molar refractivity (Wildman–Crippen MR) is 108 cm³/mol. The molecule has 0 aromatic carbocycles. The molecule has 27 heavy (non-hydrogen) atoms. The third kappa shape index (κ3) is 9.49. The van der Waals surface area contributed by atoms with Crippen molar-refractivity contribution in [2.24, 2.45) is 4.99 Å². The van der Waals surface area contributed by atoms with Gasteiger partial charge in [0.25, 0.3) is 0 Å². The van der Waals surface area contributed by atoms with Crippen LogP contribution in [-0.4, -0.2) is 79.2 Å². The zero-order valence-corrected chi connectivity index (χ0v) is 17.6. The van der Waals surface area contributed by atoms with Gasteiger partial charge in [-0.1, -0.05) is 0 Å². The number of likely N-dealkylation sites (N-methyl/N-ethyl adjacent to an activating group) is 1. The molecule has 8 heteroatoms. The summed E-state index contributed by atoms with van der Waals surface area (Å²) in [6.07, 6.45) is 2.20. The lowest BCUT2D eigenvalue weighted by Gasteiger charge is -2.26. The molecule has 0 aromatic heterocycles. The molecule has 1 rings (SSSR count). The van der Waals surface area contributed by atoms with Crippen molar-refractivity contribution < 1.29 is 14.3 Å². The zero-order chi connectivity index (χ0) is 20.3. The highest BCUT2D eigenvalue weighted by Crippen LogP contribution is 2.10. The molecule has 156 valence electrons. The van der Waals surface area contributed by atoms with Crippen LogP contribution in [0.15, 0.2) is 4.99 Å². The van der Waals surface area contributed by atoms with E-state index in [4.69, 9.17) is 4.74 Å². The average Bonchev–Trinajstić information content (AvgIpc) is 2.98. The van der Waals surface area contributed by atoms with Crippen molar-refractivity contribution >= 4 is 18.0 Å². The number of hydrogen-bond donors (Lipinski definition) is 2. The normalized spacial score (nSPS) is 15.1. The van der Waals surface area contributed by atoms with E-state index in [1.165, 1.54) is 0 Å². The molecule has 0 bridgehead atoms. The van der Waals surface area contributed by atoms with Gasteiger partial charge >= 0.3 is 6.09 Å². The average molecular weight is 384 g/mol. The number of amides is 2. The lowest BCUT2D eigenvalue weighted by Crippen LogP contribution is -2.44. The Morgan fingerprint density at radius 1 is 1.30 bits per heavy atom. The van der Waals surface area contributed by atoms with E-state index < -0.39 is 5.60 Å². The summed E-state index contributed by atoms with van der Waals surface area (Å²) >= 11 is 0. The molecular weight excluding hydrogens is 346 g/mol. The second-order valence-corrected chi connectivity index (χ2v) is 7.59. The fraction of sp³-hybridized carbons (Fsp3) is 0.842. The second kappa shape index (κ2) is 11.7. The highest BCUT2D eigenvalue weighted by atomic mass is 16.6. The molecule has 0 aliphatic carbocycles. The van der Waals surface area contributed by atoms with Gasteiger partial charge in [0, 0.05) is 52.2 Å². The Bertz CT molecular complexity index is 502. The van der Waals surface area contributed by atoms with Gasteiger partial charge in [0.15, 0.2) is 5.96 Å². The van der Waals surface area contributed by atoms with Gasteiger partial charge in [-0.25, -0.2) is 4.79 Å². The maximum atomic E-state index is 12.2. The van der Waals surface area contributed by atoms with E-state index in [0.29, 0.717) is 32.6 Å². The number of carbonyl (C=O) groups excluding carboxylic acids is 2. The van der Waals surface area contributed by atoms with Crippen LogP contribution in [0.4, 0.5) is 4.79 Å². The van der Waals surface area contributed by atoms with Gasteiger partial charge in [0.2, 0.25) is 5.91 Å². The largest absolute Gasteiger partial charge is 0.444 e. The monoisotopic (exact) mass is 383 g/mol. The Morgan fingerprint density at radius 2 is 2.04 bits per heavy atom. The number of ether oxygens (including phenoxy) is 1. The van der Waals surface area contributed by atoms with Crippen molar-refractivity contribution in [1.29, 1.82) is 0 Å². The second-order valence-electron chi connectivity index (χ2n) is 7.59. The minimum absolute atomic E-state index is 0.255. The summed E-state index contributed by atoms with van der Waals surface area (Å²) in [7, 11) is 0. The maximum Gasteiger partial charge on any atom is 0.410 e. The summed E-state index contributed by atoms with van der Waals surface area (Å²) in [6.45, 7) is 14.3. The van der Waals surface area contributed by atoms with Crippen molar-refractivity contribution in [3.63, 3.8) is 0 Å². The molecule has 1 fully saturated rings.